The number of rotatable bonds is 6. The Morgan fingerprint density at radius 2 is 2.00 bits per heavy atom. The lowest BCUT2D eigenvalue weighted by molar-refractivity contribution is 0.0691. The summed E-state index contributed by atoms with van der Waals surface area (Å²) >= 11 is 2.23. The lowest BCUT2D eigenvalue weighted by atomic mass is 10.2. The minimum Gasteiger partial charge on any atom is -0.491 e. The Hall–Kier alpha value is -2.03. The quantitative estimate of drug-likeness (QED) is 0.633. The van der Waals surface area contributed by atoms with Crippen LogP contribution in [0.4, 0.5) is 0 Å². The van der Waals surface area contributed by atoms with Gasteiger partial charge in [0.2, 0.25) is 0 Å². The molecular formula is C15H15IN2O4. The van der Waals surface area contributed by atoms with Gasteiger partial charge in [-0.3, -0.25) is 4.79 Å². The van der Waals surface area contributed by atoms with Crippen molar-refractivity contribution in [2.75, 3.05) is 13.7 Å². The van der Waals surface area contributed by atoms with Crippen molar-refractivity contribution in [3.05, 3.63) is 50.9 Å². The number of carbonyl (C=O) groups is 2. The number of aromatic amines is 1. The number of halogens is 1. The Balaban J connectivity index is 2.06. The summed E-state index contributed by atoms with van der Waals surface area (Å²) in [6.45, 7) is 0.349. The second-order valence-corrected chi connectivity index (χ2v) is 5.78. The van der Waals surface area contributed by atoms with Crippen LogP contribution in [0.3, 0.4) is 0 Å². The van der Waals surface area contributed by atoms with Crippen LogP contribution in [-0.2, 0) is 6.42 Å². The highest BCUT2D eigenvalue weighted by atomic mass is 127. The standard InChI is InChI=1S/C15H15IN2O4/c1-17-14(19)13-12(8-11(18-13)15(20)21)22-7-6-9-2-4-10(16)5-3-9/h2-5,8,18H,6-7H2,1H3,(H,17,19)(H,20,21). The highest BCUT2D eigenvalue weighted by molar-refractivity contribution is 14.1. The lowest BCUT2D eigenvalue weighted by Crippen LogP contribution is -2.19. The zero-order valence-corrected chi connectivity index (χ0v) is 14.0. The molecular weight excluding hydrogens is 399 g/mol. The molecule has 6 nitrogen and oxygen atoms in total. The Morgan fingerprint density at radius 3 is 2.59 bits per heavy atom. The summed E-state index contributed by atoms with van der Waals surface area (Å²) in [6.07, 6.45) is 0.664. The number of carboxylic acids is 1. The van der Waals surface area contributed by atoms with Gasteiger partial charge in [0.25, 0.3) is 5.91 Å². The van der Waals surface area contributed by atoms with Crippen molar-refractivity contribution in [3.8, 4) is 5.75 Å². The molecule has 22 heavy (non-hydrogen) atoms. The van der Waals surface area contributed by atoms with Gasteiger partial charge in [0.05, 0.1) is 6.61 Å². The van der Waals surface area contributed by atoms with Gasteiger partial charge in [0.15, 0.2) is 5.75 Å². The van der Waals surface area contributed by atoms with E-state index < -0.39 is 11.9 Å². The van der Waals surface area contributed by atoms with Crippen LogP contribution in [-0.4, -0.2) is 35.6 Å². The molecule has 0 bridgehead atoms. The number of ether oxygens (including phenoxy) is 1. The molecule has 0 spiro atoms. The fourth-order valence-corrected chi connectivity index (χ4v) is 2.25. The van der Waals surface area contributed by atoms with Crippen LogP contribution in [0, 0.1) is 3.57 Å². The minimum absolute atomic E-state index is 0.0807. The summed E-state index contributed by atoms with van der Waals surface area (Å²) in [5.41, 5.74) is 1.14. The summed E-state index contributed by atoms with van der Waals surface area (Å²) in [5, 5.41) is 11.4. The summed E-state index contributed by atoms with van der Waals surface area (Å²) < 4.78 is 6.72. The van der Waals surface area contributed by atoms with Gasteiger partial charge in [-0.1, -0.05) is 12.1 Å². The maximum Gasteiger partial charge on any atom is 0.352 e. The van der Waals surface area contributed by atoms with E-state index in [0.29, 0.717) is 13.0 Å². The molecule has 0 atom stereocenters. The van der Waals surface area contributed by atoms with Crippen LogP contribution >= 0.6 is 22.6 Å². The van der Waals surface area contributed by atoms with E-state index in [1.54, 1.807) is 0 Å². The van der Waals surface area contributed by atoms with Crippen molar-refractivity contribution in [2.24, 2.45) is 0 Å². The van der Waals surface area contributed by atoms with Gasteiger partial charge >= 0.3 is 5.97 Å². The van der Waals surface area contributed by atoms with E-state index in [-0.39, 0.29) is 17.1 Å². The Kier molecular flexibility index (Phi) is 5.42. The van der Waals surface area contributed by atoms with Crippen molar-refractivity contribution < 1.29 is 19.4 Å². The summed E-state index contributed by atoms with van der Waals surface area (Å²) in [4.78, 5) is 25.3. The molecule has 0 aliphatic rings. The lowest BCUT2D eigenvalue weighted by Gasteiger charge is -2.06. The van der Waals surface area contributed by atoms with Crippen LogP contribution in [0.5, 0.6) is 5.75 Å². The van der Waals surface area contributed by atoms with E-state index in [2.05, 4.69) is 32.9 Å². The third-order valence-electron chi connectivity index (χ3n) is 3.03. The maximum atomic E-state index is 11.7. The van der Waals surface area contributed by atoms with E-state index in [1.165, 1.54) is 13.1 Å². The normalized spacial score (nSPS) is 10.3. The highest BCUT2D eigenvalue weighted by Crippen LogP contribution is 2.20. The average Bonchev–Trinajstić information content (AvgIpc) is 2.93. The number of hydrogen-bond donors (Lipinski definition) is 3. The molecule has 0 saturated carbocycles. The number of aromatic carboxylic acids is 1. The number of hydrogen-bond acceptors (Lipinski definition) is 3. The number of amides is 1. The fourth-order valence-electron chi connectivity index (χ4n) is 1.89. The van der Waals surface area contributed by atoms with Crippen molar-refractivity contribution in [1.29, 1.82) is 0 Å². The van der Waals surface area contributed by atoms with Gasteiger partial charge in [-0.05, 0) is 40.3 Å². The van der Waals surface area contributed by atoms with Crippen molar-refractivity contribution in [2.45, 2.75) is 6.42 Å². The smallest absolute Gasteiger partial charge is 0.352 e. The molecule has 0 fully saturated rings. The van der Waals surface area contributed by atoms with Crippen LogP contribution in [0.1, 0.15) is 26.5 Å². The number of carbonyl (C=O) groups excluding carboxylic acids is 1. The molecule has 2 aromatic rings. The first-order valence-corrected chi connectivity index (χ1v) is 7.64. The molecule has 0 radical (unpaired) electrons. The predicted molar refractivity (Wildman–Crippen MR) is 89.5 cm³/mol. The number of carboxylic acid groups (broad SMARTS) is 1. The predicted octanol–water partition coefficient (Wildman–Crippen LogP) is 2.30. The number of aromatic nitrogens is 1. The molecule has 1 aromatic heterocycles. The molecule has 1 amide bonds. The van der Waals surface area contributed by atoms with Crippen LogP contribution < -0.4 is 10.1 Å². The third kappa shape index (κ3) is 4.00. The summed E-state index contributed by atoms with van der Waals surface area (Å²) in [6, 6.07) is 9.34. The minimum atomic E-state index is -1.14. The molecule has 7 heteroatoms. The molecule has 0 unspecified atom stereocenters. The van der Waals surface area contributed by atoms with Crippen molar-refractivity contribution in [1.82, 2.24) is 10.3 Å². The molecule has 0 saturated heterocycles. The van der Waals surface area contributed by atoms with Crippen molar-refractivity contribution >= 4 is 34.5 Å². The molecule has 3 N–H and O–H groups in total. The van der Waals surface area contributed by atoms with E-state index in [9.17, 15) is 9.59 Å². The first-order valence-electron chi connectivity index (χ1n) is 6.57. The average molecular weight is 414 g/mol. The maximum absolute atomic E-state index is 11.7. The topological polar surface area (TPSA) is 91.4 Å². The first-order chi connectivity index (χ1) is 10.5. The van der Waals surface area contributed by atoms with Crippen LogP contribution in [0.2, 0.25) is 0 Å². The zero-order valence-electron chi connectivity index (χ0n) is 11.9. The van der Waals surface area contributed by atoms with Crippen molar-refractivity contribution in [3.63, 3.8) is 0 Å². The van der Waals surface area contributed by atoms with Gasteiger partial charge in [0.1, 0.15) is 11.4 Å². The van der Waals surface area contributed by atoms with E-state index >= 15 is 0 Å². The number of benzene rings is 1. The molecule has 1 aromatic carbocycles. The zero-order chi connectivity index (χ0) is 16.1. The summed E-state index contributed by atoms with van der Waals surface area (Å²) in [5.74, 6) is -1.32. The monoisotopic (exact) mass is 414 g/mol. The Morgan fingerprint density at radius 1 is 1.32 bits per heavy atom. The second-order valence-electron chi connectivity index (χ2n) is 4.53. The van der Waals surface area contributed by atoms with E-state index in [0.717, 1.165) is 9.13 Å². The SMILES string of the molecule is CNC(=O)c1[nH]c(C(=O)O)cc1OCCc1ccc(I)cc1. The van der Waals surface area contributed by atoms with Gasteiger partial charge in [-0.15, -0.1) is 0 Å². The van der Waals surface area contributed by atoms with Gasteiger partial charge in [-0.25, -0.2) is 4.79 Å². The summed E-state index contributed by atoms with van der Waals surface area (Å²) in [7, 11) is 1.47. The largest absolute Gasteiger partial charge is 0.491 e. The Labute approximate surface area is 141 Å². The van der Waals surface area contributed by atoms with Gasteiger partial charge < -0.3 is 20.1 Å². The molecule has 0 aliphatic carbocycles. The van der Waals surface area contributed by atoms with E-state index in [4.69, 9.17) is 9.84 Å². The van der Waals surface area contributed by atoms with Gasteiger partial charge in [0, 0.05) is 23.1 Å². The molecule has 0 aliphatic heterocycles. The van der Waals surface area contributed by atoms with Crippen LogP contribution in [0.25, 0.3) is 0 Å². The third-order valence-corrected chi connectivity index (χ3v) is 3.75. The molecule has 1 heterocycles. The molecule has 2 rings (SSSR count). The molecule has 116 valence electrons. The fraction of sp³-hybridized carbons (Fsp3) is 0.200. The highest BCUT2D eigenvalue weighted by Gasteiger charge is 2.18. The van der Waals surface area contributed by atoms with Crippen LogP contribution in [0.15, 0.2) is 30.3 Å². The van der Waals surface area contributed by atoms with Gasteiger partial charge in [-0.2, -0.15) is 0 Å². The number of nitrogens with one attached hydrogen (secondary N) is 2. The van der Waals surface area contributed by atoms with E-state index in [1.807, 2.05) is 24.3 Å². The number of H-pyrrole nitrogens is 1. The first kappa shape index (κ1) is 16.3. The Bertz CT molecular complexity index is 679. The second kappa shape index (κ2) is 7.30.